The molecule has 3 aromatic carbocycles. The molecule has 0 atom stereocenters. The normalized spacial score (nSPS) is 11.5. The van der Waals surface area contributed by atoms with Crippen LogP contribution in [-0.4, -0.2) is 45.8 Å². The van der Waals surface area contributed by atoms with Crippen LogP contribution in [-0.2, 0) is 10.0 Å². The zero-order chi connectivity index (χ0) is 20.1. The van der Waals surface area contributed by atoms with Crippen molar-refractivity contribution in [3.05, 3.63) is 72.3 Å². The van der Waals surface area contributed by atoms with E-state index in [0.29, 0.717) is 18.7 Å². The van der Waals surface area contributed by atoms with Crippen LogP contribution in [0.5, 0.6) is 0 Å². The summed E-state index contributed by atoms with van der Waals surface area (Å²) in [6.07, 6.45) is 0. The van der Waals surface area contributed by atoms with E-state index in [4.69, 9.17) is 0 Å². The van der Waals surface area contributed by atoms with Gasteiger partial charge in [-0.2, -0.15) is 0 Å². The zero-order valence-corrected chi connectivity index (χ0v) is 16.7. The molecule has 6 nitrogen and oxygen atoms in total. The monoisotopic (exact) mass is 397 g/mol. The lowest BCUT2D eigenvalue weighted by Crippen LogP contribution is -2.29. The average Bonchev–Trinajstić information content (AvgIpc) is 2.71. The summed E-state index contributed by atoms with van der Waals surface area (Å²) >= 11 is 0. The molecule has 0 saturated heterocycles. The van der Waals surface area contributed by atoms with E-state index in [9.17, 15) is 13.2 Å². The van der Waals surface area contributed by atoms with Crippen molar-refractivity contribution >= 4 is 32.4 Å². The van der Waals surface area contributed by atoms with Crippen LogP contribution in [0.15, 0.2) is 71.6 Å². The number of carbonyl (C=O) groups is 1. The molecule has 0 aromatic heterocycles. The van der Waals surface area contributed by atoms with Crippen molar-refractivity contribution in [3.8, 4) is 0 Å². The molecule has 0 aliphatic heterocycles. The van der Waals surface area contributed by atoms with Gasteiger partial charge in [-0.05, 0) is 35.7 Å². The van der Waals surface area contributed by atoms with Crippen molar-refractivity contribution in [2.75, 3.05) is 32.5 Å². The second-order valence-electron chi connectivity index (χ2n) is 6.52. The van der Waals surface area contributed by atoms with Gasteiger partial charge in [-0.1, -0.05) is 36.4 Å². The van der Waals surface area contributed by atoms with Crippen LogP contribution in [0.4, 0.5) is 5.69 Å². The van der Waals surface area contributed by atoms with Crippen LogP contribution >= 0.6 is 0 Å². The van der Waals surface area contributed by atoms with Crippen molar-refractivity contribution in [3.63, 3.8) is 0 Å². The number of hydrogen-bond acceptors (Lipinski definition) is 4. The highest BCUT2D eigenvalue weighted by Gasteiger charge is 2.17. The number of rotatable bonds is 7. The predicted octanol–water partition coefficient (Wildman–Crippen LogP) is 2.93. The molecule has 3 aromatic rings. The number of sulfonamides is 1. The molecule has 0 saturated carbocycles. The lowest BCUT2D eigenvalue weighted by molar-refractivity contribution is 0.0955. The fourth-order valence-electron chi connectivity index (χ4n) is 2.84. The molecule has 28 heavy (non-hydrogen) atoms. The van der Waals surface area contributed by atoms with E-state index < -0.39 is 10.0 Å². The van der Waals surface area contributed by atoms with Gasteiger partial charge in [-0.15, -0.1) is 0 Å². The van der Waals surface area contributed by atoms with E-state index in [1.165, 1.54) is 38.4 Å². The predicted molar refractivity (Wildman–Crippen MR) is 112 cm³/mol. The molecule has 1 amide bonds. The van der Waals surface area contributed by atoms with E-state index in [-0.39, 0.29) is 10.8 Å². The van der Waals surface area contributed by atoms with Gasteiger partial charge in [0.15, 0.2) is 0 Å². The minimum absolute atomic E-state index is 0.159. The van der Waals surface area contributed by atoms with Gasteiger partial charge in [-0.3, -0.25) is 4.79 Å². The van der Waals surface area contributed by atoms with Gasteiger partial charge in [0.2, 0.25) is 10.0 Å². The summed E-state index contributed by atoms with van der Waals surface area (Å²) in [5.74, 6) is -0.242. The molecular weight excluding hydrogens is 374 g/mol. The smallest absolute Gasteiger partial charge is 0.251 e. The number of carbonyl (C=O) groups excluding carboxylic acids is 1. The molecule has 146 valence electrons. The van der Waals surface area contributed by atoms with Gasteiger partial charge in [-0.25, -0.2) is 12.7 Å². The summed E-state index contributed by atoms with van der Waals surface area (Å²) < 4.78 is 25.3. The Morgan fingerprint density at radius 2 is 1.57 bits per heavy atom. The van der Waals surface area contributed by atoms with Gasteiger partial charge >= 0.3 is 0 Å². The topological polar surface area (TPSA) is 78.5 Å². The Morgan fingerprint density at radius 3 is 2.29 bits per heavy atom. The lowest BCUT2D eigenvalue weighted by atomic mass is 10.1. The summed E-state index contributed by atoms with van der Waals surface area (Å²) in [6.45, 7) is 1.02. The van der Waals surface area contributed by atoms with Crippen LogP contribution in [0.2, 0.25) is 0 Å². The number of anilines is 1. The first-order valence-corrected chi connectivity index (χ1v) is 10.4. The van der Waals surface area contributed by atoms with E-state index in [1.807, 2.05) is 24.3 Å². The Hall–Kier alpha value is -2.90. The Morgan fingerprint density at radius 1 is 0.893 bits per heavy atom. The Balaban J connectivity index is 1.56. The summed E-state index contributed by atoms with van der Waals surface area (Å²) in [6, 6.07) is 20.1. The van der Waals surface area contributed by atoms with Crippen molar-refractivity contribution in [2.45, 2.75) is 4.90 Å². The molecule has 0 aliphatic carbocycles. The first kappa shape index (κ1) is 19.9. The number of fused-ring (bicyclic) bond motifs is 1. The fraction of sp³-hybridized carbons (Fsp3) is 0.190. The molecule has 2 N–H and O–H groups in total. The van der Waals surface area contributed by atoms with Crippen LogP contribution in [0, 0.1) is 0 Å². The first-order chi connectivity index (χ1) is 13.4. The Kier molecular flexibility index (Phi) is 5.96. The summed E-state index contributed by atoms with van der Waals surface area (Å²) in [5.41, 5.74) is 1.44. The minimum Gasteiger partial charge on any atom is -0.383 e. The van der Waals surface area contributed by atoms with E-state index in [0.717, 1.165) is 20.8 Å². The second-order valence-corrected chi connectivity index (χ2v) is 8.67. The van der Waals surface area contributed by atoms with Crippen LogP contribution in [0.3, 0.4) is 0 Å². The molecule has 0 spiro atoms. The van der Waals surface area contributed by atoms with Crippen molar-refractivity contribution in [1.82, 2.24) is 9.62 Å². The molecule has 0 aliphatic rings. The molecule has 0 bridgehead atoms. The summed E-state index contributed by atoms with van der Waals surface area (Å²) in [4.78, 5) is 12.4. The molecular formula is C21H23N3O3S. The third-order valence-electron chi connectivity index (χ3n) is 4.41. The highest BCUT2D eigenvalue weighted by Crippen LogP contribution is 2.22. The van der Waals surface area contributed by atoms with Crippen molar-refractivity contribution in [1.29, 1.82) is 0 Å². The Labute approximate surface area is 165 Å². The maximum Gasteiger partial charge on any atom is 0.251 e. The third-order valence-corrected chi connectivity index (χ3v) is 6.24. The van der Waals surface area contributed by atoms with Gasteiger partial charge in [0, 0.05) is 43.8 Å². The third kappa shape index (κ3) is 4.32. The molecule has 0 fully saturated rings. The first-order valence-electron chi connectivity index (χ1n) is 8.92. The quantitative estimate of drug-likeness (QED) is 0.601. The lowest BCUT2D eigenvalue weighted by Gasteiger charge is -2.12. The minimum atomic E-state index is -3.50. The van der Waals surface area contributed by atoms with Crippen molar-refractivity contribution in [2.24, 2.45) is 0 Å². The van der Waals surface area contributed by atoms with Gasteiger partial charge < -0.3 is 10.6 Å². The molecule has 3 rings (SSSR count). The van der Waals surface area contributed by atoms with Gasteiger partial charge in [0.1, 0.15) is 0 Å². The van der Waals surface area contributed by atoms with Gasteiger partial charge in [0.25, 0.3) is 5.91 Å². The number of hydrogen-bond donors (Lipinski definition) is 2. The van der Waals surface area contributed by atoms with E-state index in [1.54, 1.807) is 0 Å². The zero-order valence-electron chi connectivity index (χ0n) is 15.8. The summed E-state index contributed by atoms with van der Waals surface area (Å²) in [7, 11) is -0.555. The SMILES string of the molecule is CN(C)S(=O)(=O)c1ccc(C(=O)NCCNc2cccc3ccccc23)cc1. The van der Waals surface area contributed by atoms with Gasteiger partial charge in [0.05, 0.1) is 4.90 Å². The fourth-order valence-corrected chi connectivity index (χ4v) is 3.75. The van der Waals surface area contributed by atoms with E-state index in [2.05, 4.69) is 28.8 Å². The molecule has 0 heterocycles. The largest absolute Gasteiger partial charge is 0.383 e. The highest BCUT2D eigenvalue weighted by molar-refractivity contribution is 7.89. The number of benzene rings is 3. The average molecular weight is 398 g/mol. The maximum absolute atomic E-state index is 12.3. The van der Waals surface area contributed by atoms with Crippen LogP contribution < -0.4 is 10.6 Å². The highest BCUT2D eigenvalue weighted by atomic mass is 32.2. The van der Waals surface area contributed by atoms with Crippen molar-refractivity contribution < 1.29 is 13.2 Å². The standard InChI is InChI=1S/C21H23N3O3S/c1-24(2)28(26,27)18-12-10-17(11-13-18)21(25)23-15-14-22-20-9-5-7-16-6-3-4-8-19(16)20/h3-13,22H,14-15H2,1-2H3,(H,23,25). The number of nitrogens with one attached hydrogen (secondary N) is 2. The second kappa shape index (κ2) is 8.41. The van der Waals surface area contributed by atoms with Crippen LogP contribution in [0.1, 0.15) is 10.4 Å². The number of nitrogens with zero attached hydrogens (tertiary/aromatic N) is 1. The van der Waals surface area contributed by atoms with Crippen LogP contribution in [0.25, 0.3) is 10.8 Å². The molecule has 0 radical (unpaired) electrons. The molecule has 7 heteroatoms. The van der Waals surface area contributed by atoms with E-state index >= 15 is 0 Å². The maximum atomic E-state index is 12.3. The summed E-state index contributed by atoms with van der Waals surface area (Å²) in [5, 5.41) is 8.46. The molecule has 0 unspecified atom stereocenters. The Bertz CT molecular complexity index is 1070. The number of amides is 1.